The maximum Gasteiger partial charge on any atom is 0.311 e. The zero-order chi connectivity index (χ0) is 14.3. The summed E-state index contributed by atoms with van der Waals surface area (Å²) in [5.41, 5.74) is -0.367. The molecule has 4 nitrogen and oxygen atoms in total. The third-order valence-electron chi connectivity index (χ3n) is 3.70. The summed E-state index contributed by atoms with van der Waals surface area (Å²) in [6.45, 7) is 11.3. The molecule has 0 aliphatic carbocycles. The Balaban J connectivity index is 2.18. The van der Waals surface area contributed by atoms with E-state index in [4.69, 9.17) is 4.74 Å². The Morgan fingerprint density at radius 2 is 1.84 bits per heavy atom. The summed E-state index contributed by atoms with van der Waals surface area (Å²) in [6.07, 6.45) is 7.44. The van der Waals surface area contributed by atoms with E-state index in [2.05, 4.69) is 29.1 Å². The summed E-state index contributed by atoms with van der Waals surface area (Å²) in [6, 6.07) is 0. The van der Waals surface area contributed by atoms with Crippen LogP contribution in [0.3, 0.4) is 0 Å². The van der Waals surface area contributed by atoms with Gasteiger partial charge in [0.15, 0.2) is 0 Å². The van der Waals surface area contributed by atoms with E-state index in [1.807, 2.05) is 20.8 Å². The number of ether oxygens (including phenoxy) is 1. The van der Waals surface area contributed by atoms with Crippen molar-refractivity contribution >= 4 is 5.97 Å². The predicted octanol–water partition coefficient (Wildman–Crippen LogP) is 2.81. The Kier molecular flexibility index (Phi) is 6.19. The van der Waals surface area contributed by atoms with Gasteiger partial charge in [-0.05, 0) is 26.7 Å². The quantitative estimate of drug-likeness (QED) is 0.634. The molecule has 19 heavy (non-hydrogen) atoms. The number of hydrogen-bond donors (Lipinski definition) is 0. The lowest BCUT2D eigenvalue weighted by atomic mass is 9.91. The van der Waals surface area contributed by atoms with Crippen LogP contribution in [0.5, 0.6) is 0 Å². The van der Waals surface area contributed by atoms with Gasteiger partial charge in [-0.15, -0.1) is 0 Å². The Morgan fingerprint density at radius 3 is 2.42 bits per heavy atom. The van der Waals surface area contributed by atoms with Crippen molar-refractivity contribution in [1.29, 1.82) is 0 Å². The second-order valence-corrected chi connectivity index (χ2v) is 5.79. The fourth-order valence-corrected chi connectivity index (χ4v) is 1.76. The first kappa shape index (κ1) is 15.9. The van der Waals surface area contributed by atoms with E-state index >= 15 is 0 Å². The van der Waals surface area contributed by atoms with Crippen LogP contribution in [0.15, 0.2) is 12.4 Å². The molecule has 110 valence electrons. The summed E-state index contributed by atoms with van der Waals surface area (Å²) in [7, 11) is 0. The third kappa shape index (κ3) is 5.13. The van der Waals surface area contributed by atoms with E-state index in [0.717, 1.165) is 26.2 Å². The summed E-state index contributed by atoms with van der Waals surface area (Å²) < 4.78 is 5.34. The molecule has 4 heteroatoms. The molecule has 0 unspecified atom stereocenters. The standard InChI is InChI=1S/C15H28N2O2/c1-5-7-8-16-9-10-17(13-16)11-12-19-14(18)15(3,4)6-2/h9-10H,5-8,11-13H2,1-4H3. The molecule has 0 bridgehead atoms. The van der Waals surface area contributed by atoms with Crippen LogP contribution in [-0.2, 0) is 9.53 Å². The smallest absolute Gasteiger partial charge is 0.311 e. The van der Waals surface area contributed by atoms with E-state index in [0.29, 0.717) is 6.61 Å². The molecule has 0 amide bonds. The van der Waals surface area contributed by atoms with Crippen LogP contribution in [0.25, 0.3) is 0 Å². The highest BCUT2D eigenvalue weighted by atomic mass is 16.5. The summed E-state index contributed by atoms with van der Waals surface area (Å²) in [4.78, 5) is 16.3. The van der Waals surface area contributed by atoms with Crippen LogP contribution in [0.4, 0.5) is 0 Å². The molecule has 0 spiro atoms. The van der Waals surface area contributed by atoms with Gasteiger partial charge < -0.3 is 14.5 Å². The van der Waals surface area contributed by atoms with Crippen LogP contribution in [-0.4, -0.2) is 42.1 Å². The van der Waals surface area contributed by atoms with Gasteiger partial charge in [0.2, 0.25) is 0 Å². The van der Waals surface area contributed by atoms with E-state index in [1.165, 1.54) is 12.8 Å². The first-order chi connectivity index (χ1) is 8.99. The SMILES string of the molecule is CCCCN1C=CN(CCOC(=O)C(C)(C)CC)C1. The first-order valence-electron chi connectivity index (χ1n) is 7.33. The number of unbranched alkanes of at least 4 members (excludes halogenated alkanes) is 1. The van der Waals surface area contributed by atoms with Gasteiger partial charge in [-0.1, -0.05) is 20.3 Å². The molecule has 0 aromatic rings. The fraction of sp³-hybridized carbons (Fsp3) is 0.800. The molecular formula is C15H28N2O2. The van der Waals surface area contributed by atoms with Gasteiger partial charge in [0.05, 0.1) is 18.6 Å². The minimum Gasteiger partial charge on any atom is -0.463 e. The number of esters is 1. The predicted molar refractivity (Wildman–Crippen MR) is 77.4 cm³/mol. The average Bonchev–Trinajstić information content (AvgIpc) is 2.84. The van der Waals surface area contributed by atoms with E-state index in [9.17, 15) is 4.79 Å². The first-order valence-corrected chi connectivity index (χ1v) is 7.33. The lowest BCUT2D eigenvalue weighted by Crippen LogP contribution is -2.31. The highest BCUT2D eigenvalue weighted by Crippen LogP contribution is 2.21. The number of hydrogen-bond acceptors (Lipinski definition) is 4. The van der Waals surface area contributed by atoms with Crippen molar-refractivity contribution in [2.45, 2.75) is 47.0 Å². The topological polar surface area (TPSA) is 32.8 Å². The molecule has 0 saturated heterocycles. The molecule has 1 aliphatic rings. The lowest BCUT2D eigenvalue weighted by molar-refractivity contribution is -0.154. The fourth-order valence-electron chi connectivity index (χ4n) is 1.76. The van der Waals surface area contributed by atoms with Crippen molar-refractivity contribution < 1.29 is 9.53 Å². The lowest BCUT2D eigenvalue weighted by Gasteiger charge is -2.23. The van der Waals surface area contributed by atoms with Gasteiger partial charge >= 0.3 is 5.97 Å². The number of nitrogens with zero attached hydrogens (tertiary/aromatic N) is 2. The Labute approximate surface area is 117 Å². The normalized spacial score (nSPS) is 15.2. The van der Waals surface area contributed by atoms with Crippen LogP contribution in [0.2, 0.25) is 0 Å². The minimum atomic E-state index is -0.367. The van der Waals surface area contributed by atoms with Crippen molar-refractivity contribution in [3.05, 3.63) is 12.4 Å². The molecular weight excluding hydrogens is 240 g/mol. The summed E-state index contributed by atoms with van der Waals surface area (Å²) >= 11 is 0. The molecule has 0 atom stereocenters. The number of carbonyl (C=O) groups excluding carboxylic acids is 1. The van der Waals surface area contributed by atoms with Gasteiger partial charge in [0.1, 0.15) is 6.61 Å². The molecule has 0 aromatic heterocycles. The highest BCUT2D eigenvalue weighted by molar-refractivity contribution is 5.75. The molecule has 1 heterocycles. The van der Waals surface area contributed by atoms with Crippen molar-refractivity contribution in [2.75, 3.05) is 26.4 Å². The zero-order valence-electron chi connectivity index (χ0n) is 12.8. The molecule has 0 saturated carbocycles. The number of carbonyl (C=O) groups is 1. The molecule has 0 radical (unpaired) electrons. The monoisotopic (exact) mass is 268 g/mol. The second kappa shape index (κ2) is 7.41. The van der Waals surface area contributed by atoms with Gasteiger partial charge in [0.25, 0.3) is 0 Å². The largest absolute Gasteiger partial charge is 0.463 e. The molecule has 0 aromatic carbocycles. The third-order valence-corrected chi connectivity index (χ3v) is 3.70. The molecule has 1 rings (SSSR count). The van der Waals surface area contributed by atoms with Gasteiger partial charge in [-0.25, -0.2) is 0 Å². The van der Waals surface area contributed by atoms with Crippen molar-refractivity contribution in [3.63, 3.8) is 0 Å². The molecule has 0 N–H and O–H groups in total. The van der Waals surface area contributed by atoms with E-state index in [1.54, 1.807) is 0 Å². The number of rotatable bonds is 8. The van der Waals surface area contributed by atoms with Crippen LogP contribution < -0.4 is 0 Å². The van der Waals surface area contributed by atoms with E-state index in [-0.39, 0.29) is 11.4 Å². The maximum absolute atomic E-state index is 11.8. The Hall–Kier alpha value is -1.19. The van der Waals surface area contributed by atoms with Gasteiger partial charge in [-0.3, -0.25) is 4.79 Å². The van der Waals surface area contributed by atoms with Crippen molar-refractivity contribution in [2.24, 2.45) is 5.41 Å². The summed E-state index contributed by atoms with van der Waals surface area (Å²) in [5, 5.41) is 0. The summed E-state index contributed by atoms with van der Waals surface area (Å²) in [5.74, 6) is -0.0963. The minimum absolute atomic E-state index is 0.0963. The van der Waals surface area contributed by atoms with Crippen LogP contribution in [0, 0.1) is 5.41 Å². The molecule has 1 aliphatic heterocycles. The van der Waals surface area contributed by atoms with Crippen molar-refractivity contribution in [1.82, 2.24) is 9.80 Å². The van der Waals surface area contributed by atoms with Crippen molar-refractivity contribution in [3.8, 4) is 0 Å². The second-order valence-electron chi connectivity index (χ2n) is 5.79. The highest BCUT2D eigenvalue weighted by Gasteiger charge is 2.27. The Morgan fingerprint density at radius 1 is 1.21 bits per heavy atom. The van der Waals surface area contributed by atoms with Crippen LogP contribution in [0.1, 0.15) is 47.0 Å². The maximum atomic E-state index is 11.8. The zero-order valence-corrected chi connectivity index (χ0v) is 12.8. The van der Waals surface area contributed by atoms with Gasteiger partial charge in [-0.2, -0.15) is 0 Å². The van der Waals surface area contributed by atoms with Gasteiger partial charge in [0, 0.05) is 18.9 Å². The average molecular weight is 268 g/mol. The van der Waals surface area contributed by atoms with E-state index < -0.39 is 0 Å². The Bertz CT molecular complexity index is 313. The molecule has 0 fully saturated rings. The van der Waals surface area contributed by atoms with Crippen LogP contribution >= 0.6 is 0 Å².